The van der Waals surface area contributed by atoms with Crippen LogP contribution in [0.25, 0.3) is 0 Å². The molecule has 3 heterocycles. The predicted molar refractivity (Wildman–Crippen MR) is 130 cm³/mol. The monoisotopic (exact) mass is 504 g/mol. The van der Waals surface area contributed by atoms with Crippen molar-refractivity contribution in [1.29, 1.82) is 0 Å². The molecule has 0 bridgehead atoms. The molecule has 187 valence electrons. The SMILES string of the molecule is CC(C)(O)c1ccc([S]2C=CC(C(N)=O)=C2Nc2ccnc(CN3CCOCC3CF)n2)c(F)c1. The Morgan fingerprint density at radius 3 is 2.89 bits per heavy atom. The molecule has 2 aliphatic rings. The van der Waals surface area contributed by atoms with E-state index in [-0.39, 0.29) is 11.6 Å². The minimum Gasteiger partial charge on any atom is -0.386 e. The van der Waals surface area contributed by atoms with Gasteiger partial charge in [0.1, 0.15) is 24.1 Å². The molecule has 8 nitrogen and oxygen atoms in total. The number of alkyl halides is 1. The van der Waals surface area contributed by atoms with Gasteiger partial charge in [0.2, 0.25) is 0 Å². The lowest BCUT2D eigenvalue weighted by atomic mass is 9.99. The summed E-state index contributed by atoms with van der Waals surface area (Å²) in [6, 6.07) is 5.83. The summed E-state index contributed by atoms with van der Waals surface area (Å²) in [4.78, 5) is 23.2. The van der Waals surface area contributed by atoms with Crippen LogP contribution in [-0.2, 0) is 21.7 Å². The number of carbonyl (C=O) groups excluding carboxylic acids is 1. The number of morpholine rings is 1. The second kappa shape index (κ2) is 10.4. The zero-order chi connectivity index (χ0) is 25.2. The number of aliphatic hydroxyl groups is 1. The van der Waals surface area contributed by atoms with E-state index in [0.717, 1.165) is 0 Å². The van der Waals surface area contributed by atoms with Crippen LogP contribution in [0.3, 0.4) is 0 Å². The summed E-state index contributed by atoms with van der Waals surface area (Å²) >= 11 is 0. The van der Waals surface area contributed by atoms with E-state index in [0.29, 0.717) is 53.4 Å². The van der Waals surface area contributed by atoms with Gasteiger partial charge < -0.3 is 20.9 Å². The first kappa shape index (κ1) is 25.2. The number of carbonyl (C=O) groups is 1. The maximum Gasteiger partial charge on any atom is 0.251 e. The van der Waals surface area contributed by atoms with Gasteiger partial charge in [0.25, 0.3) is 5.91 Å². The van der Waals surface area contributed by atoms with Crippen molar-refractivity contribution < 1.29 is 23.4 Å². The quantitative estimate of drug-likeness (QED) is 0.507. The van der Waals surface area contributed by atoms with E-state index in [1.807, 2.05) is 4.90 Å². The largest absolute Gasteiger partial charge is 0.386 e. The van der Waals surface area contributed by atoms with Gasteiger partial charge in [0.15, 0.2) is 0 Å². The van der Waals surface area contributed by atoms with Gasteiger partial charge in [-0.05, 0) is 49.1 Å². The highest BCUT2D eigenvalue weighted by Crippen LogP contribution is 2.51. The second-order valence-electron chi connectivity index (χ2n) is 8.79. The molecule has 1 fully saturated rings. The highest BCUT2D eigenvalue weighted by atomic mass is 32.2. The van der Waals surface area contributed by atoms with E-state index in [1.54, 1.807) is 49.7 Å². The molecular formula is C24H28F2N5O3S. The second-order valence-corrected chi connectivity index (χ2v) is 10.6. The van der Waals surface area contributed by atoms with Crippen molar-refractivity contribution in [2.75, 3.05) is 31.7 Å². The number of primary amides is 1. The van der Waals surface area contributed by atoms with E-state index in [2.05, 4.69) is 15.3 Å². The average Bonchev–Trinajstić information content (AvgIpc) is 3.22. The number of anilines is 1. The van der Waals surface area contributed by atoms with Gasteiger partial charge in [-0.2, -0.15) is 0 Å². The Hall–Kier alpha value is -2.86. The first-order valence-corrected chi connectivity index (χ1v) is 12.4. The Labute approximate surface area is 205 Å². The summed E-state index contributed by atoms with van der Waals surface area (Å²) in [6.07, 6.45) is 3.14. The van der Waals surface area contributed by atoms with Crippen molar-refractivity contribution in [3.05, 3.63) is 69.8 Å². The van der Waals surface area contributed by atoms with Crippen LogP contribution in [0.5, 0.6) is 0 Å². The molecule has 4 rings (SSSR count). The van der Waals surface area contributed by atoms with Gasteiger partial charge in [0.05, 0.1) is 42.0 Å². The topological polar surface area (TPSA) is 114 Å². The highest BCUT2D eigenvalue weighted by Gasteiger charge is 2.28. The number of ether oxygens (including phenoxy) is 1. The minimum atomic E-state index is -1.19. The molecule has 1 amide bonds. The van der Waals surface area contributed by atoms with E-state index >= 15 is 4.39 Å². The number of aromatic nitrogens is 2. The molecule has 1 atom stereocenters. The number of nitrogens with zero attached hydrogens (tertiary/aromatic N) is 3. The number of rotatable bonds is 8. The number of halogens is 2. The maximum atomic E-state index is 15.1. The molecule has 4 N–H and O–H groups in total. The van der Waals surface area contributed by atoms with Gasteiger partial charge >= 0.3 is 0 Å². The van der Waals surface area contributed by atoms with Crippen molar-refractivity contribution in [3.63, 3.8) is 0 Å². The van der Waals surface area contributed by atoms with E-state index in [9.17, 15) is 14.3 Å². The molecule has 0 saturated carbocycles. The Bertz CT molecular complexity index is 1170. The van der Waals surface area contributed by atoms with E-state index in [4.69, 9.17) is 10.5 Å². The number of benzene rings is 1. The highest BCUT2D eigenvalue weighted by molar-refractivity contribution is 8.23. The van der Waals surface area contributed by atoms with Gasteiger partial charge in [-0.1, -0.05) is 6.07 Å². The predicted octanol–water partition coefficient (Wildman–Crippen LogP) is 2.98. The summed E-state index contributed by atoms with van der Waals surface area (Å²) in [5.74, 6) is -0.275. The zero-order valence-corrected chi connectivity index (χ0v) is 20.3. The van der Waals surface area contributed by atoms with Gasteiger partial charge in [-0.25, -0.2) is 18.7 Å². The summed E-state index contributed by atoms with van der Waals surface area (Å²) < 4.78 is 33.8. The number of nitrogens with two attached hydrogens (primary N) is 1. The van der Waals surface area contributed by atoms with E-state index in [1.165, 1.54) is 6.07 Å². The van der Waals surface area contributed by atoms with Crippen LogP contribution in [0.1, 0.15) is 25.2 Å². The van der Waals surface area contributed by atoms with Crippen molar-refractivity contribution >= 4 is 22.6 Å². The lowest BCUT2D eigenvalue weighted by molar-refractivity contribution is -0.114. The van der Waals surface area contributed by atoms with Gasteiger partial charge in [-0.3, -0.25) is 9.69 Å². The lowest BCUT2D eigenvalue weighted by Crippen LogP contribution is -2.46. The third-order valence-corrected chi connectivity index (χ3v) is 7.77. The van der Waals surface area contributed by atoms with Crippen LogP contribution in [-0.4, -0.2) is 58.4 Å². The molecule has 0 spiro atoms. The lowest BCUT2D eigenvalue weighted by Gasteiger charge is -2.33. The Morgan fingerprint density at radius 2 is 2.20 bits per heavy atom. The number of nitrogens with one attached hydrogen (secondary N) is 1. The molecule has 2 aliphatic heterocycles. The number of amides is 1. The molecule has 2 aromatic rings. The van der Waals surface area contributed by atoms with Crippen LogP contribution in [0.4, 0.5) is 14.6 Å². The standard InChI is InChI=1S/C24H28F2N5O3S/c1-24(2,33)15-3-4-19(18(26)11-15)35-10-6-17(22(27)32)23(35)30-20-5-7-28-21(29-20)13-31-8-9-34-14-16(31)12-25/h3-7,10-11,16,33H,8-9,12-14H2,1-2H3,(H2,27,32)(H,28,29,30). The summed E-state index contributed by atoms with van der Waals surface area (Å²) in [5, 5.41) is 15.5. The molecule has 1 aromatic carbocycles. The van der Waals surface area contributed by atoms with Crippen molar-refractivity contribution in [1.82, 2.24) is 14.9 Å². The molecule has 1 unspecified atom stereocenters. The number of hydrogen-bond donors (Lipinski definition) is 3. The minimum absolute atomic E-state index is 0.227. The Balaban J connectivity index is 1.60. The summed E-state index contributed by atoms with van der Waals surface area (Å²) in [7, 11) is -0.953. The van der Waals surface area contributed by atoms with Gasteiger partial charge in [0, 0.05) is 17.6 Å². The van der Waals surface area contributed by atoms with Crippen molar-refractivity contribution in [3.8, 4) is 0 Å². The fourth-order valence-corrected chi connectivity index (χ4v) is 5.72. The summed E-state index contributed by atoms with van der Waals surface area (Å²) in [5.41, 5.74) is 5.06. The normalized spacial score (nSPS) is 19.4. The summed E-state index contributed by atoms with van der Waals surface area (Å²) in [6.45, 7) is 4.36. The fraction of sp³-hybridized carbons (Fsp3) is 0.375. The molecule has 11 heteroatoms. The van der Waals surface area contributed by atoms with Crippen LogP contribution in [0.15, 0.2) is 57.4 Å². The van der Waals surface area contributed by atoms with Crippen molar-refractivity contribution in [2.24, 2.45) is 5.73 Å². The Kier molecular flexibility index (Phi) is 7.50. The molecule has 35 heavy (non-hydrogen) atoms. The fourth-order valence-electron chi connectivity index (χ4n) is 3.84. The van der Waals surface area contributed by atoms with Crippen LogP contribution >= 0.6 is 10.9 Å². The third kappa shape index (κ3) is 5.69. The molecule has 1 radical (unpaired) electrons. The average molecular weight is 505 g/mol. The third-order valence-electron chi connectivity index (χ3n) is 5.80. The molecule has 1 aromatic heterocycles. The van der Waals surface area contributed by atoms with Crippen LogP contribution in [0, 0.1) is 5.82 Å². The molecular weight excluding hydrogens is 476 g/mol. The zero-order valence-electron chi connectivity index (χ0n) is 19.5. The first-order chi connectivity index (χ1) is 16.7. The molecule has 1 saturated heterocycles. The number of hydrogen-bond acceptors (Lipinski definition) is 7. The van der Waals surface area contributed by atoms with Crippen LogP contribution < -0.4 is 11.1 Å². The first-order valence-electron chi connectivity index (χ1n) is 11.1. The van der Waals surface area contributed by atoms with Crippen LogP contribution in [0.2, 0.25) is 0 Å². The van der Waals surface area contributed by atoms with E-state index < -0.39 is 34.9 Å². The molecule has 0 aliphatic carbocycles. The van der Waals surface area contributed by atoms with Gasteiger partial charge in [-0.15, -0.1) is 10.9 Å². The Morgan fingerprint density at radius 1 is 1.40 bits per heavy atom. The van der Waals surface area contributed by atoms with Crippen molar-refractivity contribution in [2.45, 2.75) is 36.9 Å². The maximum absolute atomic E-state index is 15.1. The smallest absolute Gasteiger partial charge is 0.251 e.